The summed E-state index contributed by atoms with van der Waals surface area (Å²) in [6, 6.07) is 0.289. The van der Waals surface area contributed by atoms with Gasteiger partial charge in [0.15, 0.2) is 0 Å². The average molecular weight is 214 g/mol. The van der Waals surface area contributed by atoms with Crippen molar-refractivity contribution in [3.8, 4) is 0 Å². The van der Waals surface area contributed by atoms with Crippen LogP contribution in [0.3, 0.4) is 0 Å². The van der Waals surface area contributed by atoms with Gasteiger partial charge in [-0.1, -0.05) is 62.3 Å². The van der Waals surface area contributed by atoms with Gasteiger partial charge in [0.1, 0.15) is 0 Å². The van der Waals surface area contributed by atoms with Crippen LogP contribution in [0.15, 0.2) is 22.5 Å². The summed E-state index contributed by atoms with van der Waals surface area (Å²) < 4.78 is 0. The highest BCUT2D eigenvalue weighted by atomic mass is 15.1. The smallest absolute Gasteiger partial charge is 0.0959 e. The molecule has 0 aromatic rings. The van der Waals surface area contributed by atoms with Crippen LogP contribution in [0.25, 0.3) is 0 Å². The van der Waals surface area contributed by atoms with E-state index in [2.05, 4.69) is 31.0 Å². The number of azo groups is 1. The molecule has 1 unspecified atom stereocenters. The Balaban J connectivity index is -0.000000208. The van der Waals surface area contributed by atoms with Crippen LogP contribution in [0.5, 0.6) is 0 Å². The van der Waals surface area contributed by atoms with Crippen LogP contribution in [0.2, 0.25) is 0 Å². The molecule has 15 heavy (non-hydrogen) atoms. The summed E-state index contributed by atoms with van der Waals surface area (Å²) in [7, 11) is 0. The number of rotatable bonds is 0. The van der Waals surface area contributed by atoms with Crippen molar-refractivity contribution in [1.82, 2.24) is 0 Å². The molecule has 0 radical (unpaired) electrons. The normalized spacial score (nSPS) is 16.5. The molecule has 0 bridgehead atoms. The summed E-state index contributed by atoms with van der Waals surface area (Å²) in [4.78, 5) is 0. The minimum Gasteiger partial charge on any atom is -0.181 e. The van der Waals surface area contributed by atoms with E-state index in [9.17, 15) is 0 Å². The molecular formula is C13H30N2. The molecule has 0 aromatic heterocycles. The summed E-state index contributed by atoms with van der Waals surface area (Å²) in [6.07, 6.45) is 3.79. The van der Waals surface area contributed by atoms with Gasteiger partial charge in [-0.2, -0.15) is 10.2 Å². The first-order valence-electron chi connectivity index (χ1n) is 6.17. The van der Waals surface area contributed by atoms with E-state index in [1.54, 1.807) is 6.20 Å². The fourth-order valence-electron chi connectivity index (χ4n) is 0.731. The lowest BCUT2D eigenvalue weighted by Crippen LogP contribution is -2.20. The Morgan fingerprint density at radius 1 is 0.867 bits per heavy atom. The first kappa shape index (κ1) is 19.8. The first-order chi connectivity index (χ1) is 7.11. The van der Waals surface area contributed by atoms with Crippen LogP contribution in [0.4, 0.5) is 0 Å². The second-order valence-electron chi connectivity index (χ2n) is 3.38. The molecule has 1 aliphatic rings. The van der Waals surface area contributed by atoms with Crippen molar-refractivity contribution in [1.29, 1.82) is 0 Å². The van der Waals surface area contributed by atoms with Gasteiger partial charge in [-0.25, -0.2) is 0 Å². The highest BCUT2D eigenvalue weighted by Gasteiger charge is 2.23. The largest absolute Gasteiger partial charge is 0.181 e. The molecule has 0 fully saturated rings. The first-order valence-corrected chi connectivity index (χ1v) is 6.17. The Bertz CT molecular complexity index is 140. The van der Waals surface area contributed by atoms with E-state index >= 15 is 0 Å². The molecule has 0 spiro atoms. The maximum atomic E-state index is 4.02. The van der Waals surface area contributed by atoms with Crippen LogP contribution in [-0.2, 0) is 0 Å². The van der Waals surface area contributed by atoms with Crippen LogP contribution >= 0.6 is 0 Å². The van der Waals surface area contributed by atoms with Crippen LogP contribution in [0.1, 0.15) is 62.3 Å². The molecule has 0 saturated heterocycles. The molecule has 2 nitrogen and oxygen atoms in total. The molecule has 92 valence electrons. The highest BCUT2D eigenvalue weighted by Crippen LogP contribution is 2.25. The van der Waals surface area contributed by atoms with Gasteiger partial charge in [0.25, 0.3) is 0 Å². The summed E-state index contributed by atoms with van der Waals surface area (Å²) in [5.74, 6) is 0. The summed E-state index contributed by atoms with van der Waals surface area (Å²) in [5, 5.41) is 7.80. The predicted molar refractivity (Wildman–Crippen MR) is 71.3 cm³/mol. The molecule has 1 atom stereocenters. The third kappa shape index (κ3) is 11.3. The lowest BCUT2D eigenvalue weighted by Gasteiger charge is -2.20. The summed E-state index contributed by atoms with van der Waals surface area (Å²) in [5.41, 5.74) is 0.233. The van der Waals surface area contributed by atoms with Crippen LogP contribution in [-0.4, -0.2) is 6.04 Å². The van der Waals surface area contributed by atoms with Gasteiger partial charge in [0.2, 0.25) is 0 Å². The van der Waals surface area contributed by atoms with Gasteiger partial charge >= 0.3 is 0 Å². The van der Waals surface area contributed by atoms with Crippen molar-refractivity contribution in [2.45, 2.75) is 68.4 Å². The Labute approximate surface area is 96.9 Å². The maximum absolute atomic E-state index is 4.02. The fraction of sp³-hybridized carbons (Fsp3) is 0.846. The van der Waals surface area contributed by atoms with E-state index in [-0.39, 0.29) is 11.5 Å². The maximum Gasteiger partial charge on any atom is 0.0959 e. The Hall–Kier alpha value is -0.660. The second-order valence-corrected chi connectivity index (χ2v) is 3.38. The van der Waals surface area contributed by atoms with E-state index in [1.807, 2.05) is 47.6 Å². The number of hydrogen-bond acceptors (Lipinski definition) is 2. The summed E-state index contributed by atoms with van der Waals surface area (Å²) >= 11 is 0. The molecule has 1 rings (SSSR count). The molecule has 1 heterocycles. The minimum atomic E-state index is 0.233. The fourth-order valence-corrected chi connectivity index (χ4v) is 0.731. The Morgan fingerprint density at radius 3 is 1.40 bits per heavy atom. The van der Waals surface area contributed by atoms with E-state index < -0.39 is 0 Å². The quantitative estimate of drug-likeness (QED) is 0.511. The van der Waals surface area contributed by atoms with Crippen LogP contribution in [0, 0.1) is 5.41 Å². The van der Waals surface area contributed by atoms with Crippen molar-refractivity contribution in [2.75, 3.05) is 0 Å². The van der Waals surface area contributed by atoms with Gasteiger partial charge in [-0.3, -0.25) is 0 Å². The van der Waals surface area contributed by atoms with Gasteiger partial charge in [-0.15, -0.1) is 0 Å². The standard InChI is InChI=1S/C7H12N2.3C2H6/c1-7(2,3)6-4-5-8-9-6;3*1-2/h4-6H,1-3H3;3*1-2H3. The van der Waals surface area contributed by atoms with E-state index in [4.69, 9.17) is 0 Å². The summed E-state index contributed by atoms with van der Waals surface area (Å²) in [6.45, 7) is 18.5. The topological polar surface area (TPSA) is 24.7 Å². The van der Waals surface area contributed by atoms with E-state index in [1.165, 1.54) is 0 Å². The molecule has 1 aliphatic heterocycles. The van der Waals surface area contributed by atoms with Crippen molar-refractivity contribution in [3.63, 3.8) is 0 Å². The molecule has 2 heteroatoms. The zero-order valence-electron chi connectivity index (χ0n) is 12.1. The van der Waals surface area contributed by atoms with Gasteiger partial charge in [0.05, 0.1) is 6.04 Å². The van der Waals surface area contributed by atoms with Gasteiger partial charge in [0, 0.05) is 6.20 Å². The molecule has 0 amide bonds. The van der Waals surface area contributed by atoms with Crippen molar-refractivity contribution in [2.24, 2.45) is 15.6 Å². The zero-order chi connectivity index (χ0) is 12.9. The Kier molecular flexibility index (Phi) is 17.6. The van der Waals surface area contributed by atoms with Crippen molar-refractivity contribution < 1.29 is 0 Å². The third-order valence-corrected chi connectivity index (χ3v) is 1.41. The molecule has 0 aliphatic carbocycles. The van der Waals surface area contributed by atoms with Gasteiger partial charge < -0.3 is 0 Å². The number of hydrogen-bond donors (Lipinski definition) is 0. The highest BCUT2D eigenvalue weighted by molar-refractivity contribution is 5.01. The number of nitrogens with zero attached hydrogens (tertiary/aromatic N) is 2. The van der Waals surface area contributed by atoms with Gasteiger partial charge in [-0.05, 0) is 11.5 Å². The average Bonchev–Trinajstić information content (AvgIpc) is 2.79. The molecular weight excluding hydrogens is 184 g/mol. The van der Waals surface area contributed by atoms with E-state index in [0.29, 0.717) is 0 Å². The van der Waals surface area contributed by atoms with Crippen LogP contribution < -0.4 is 0 Å². The van der Waals surface area contributed by atoms with E-state index in [0.717, 1.165) is 0 Å². The third-order valence-electron chi connectivity index (χ3n) is 1.41. The van der Waals surface area contributed by atoms with Crippen molar-refractivity contribution >= 4 is 0 Å². The molecule has 0 saturated carbocycles. The second kappa shape index (κ2) is 13.3. The predicted octanol–water partition coefficient (Wildman–Crippen LogP) is 5.46. The van der Waals surface area contributed by atoms with Crippen molar-refractivity contribution in [3.05, 3.63) is 12.3 Å². The lowest BCUT2D eigenvalue weighted by atomic mass is 9.88. The lowest BCUT2D eigenvalue weighted by molar-refractivity contribution is 0.365. The molecule has 0 N–H and O–H groups in total. The Morgan fingerprint density at radius 2 is 1.27 bits per heavy atom. The minimum absolute atomic E-state index is 0.233. The molecule has 0 aromatic carbocycles. The monoisotopic (exact) mass is 214 g/mol. The SMILES string of the molecule is CC.CC.CC.CC(C)(C)C1C=CN=N1. The zero-order valence-corrected chi connectivity index (χ0v) is 12.1.